The largest absolute Gasteiger partial charge is 0.481 e. The highest BCUT2D eigenvalue weighted by molar-refractivity contribution is 5.85. The Bertz CT molecular complexity index is 284. The van der Waals surface area contributed by atoms with Gasteiger partial charge in [0, 0.05) is 12.5 Å². The number of hydrogen-bond donors (Lipinski definition) is 2. The number of carboxylic acids is 1. The second kappa shape index (κ2) is 3.52. The molecule has 1 heterocycles. The van der Waals surface area contributed by atoms with Crippen molar-refractivity contribution in [2.24, 2.45) is 17.3 Å². The van der Waals surface area contributed by atoms with Crippen LogP contribution in [0.3, 0.4) is 0 Å². The molecular formula is C8H11ClF3NO2. The summed E-state index contributed by atoms with van der Waals surface area (Å²) < 4.78 is 37.1. The fourth-order valence-corrected chi connectivity index (χ4v) is 2.57. The number of halogens is 4. The Labute approximate surface area is 90.4 Å². The lowest BCUT2D eigenvalue weighted by atomic mass is 9.55. The van der Waals surface area contributed by atoms with E-state index >= 15 is 0 Å². The van der Waals surface area contributed by atoms with Crippen molar-refractivity contribution in [2.75, 3.05) is 13.1 Å². The number of nitrogens with one attached hydrogen (secondary N) is 1. The van der Waals surface area contributed by atoms with Crippen LogP contribution in [0.25, 0.3) is 0 Å². The van der Waals surface area contributed by atoms with E-state index in [2.05, 4.69) is 5.32 Å². The minimum absolute atomic E-state index is 0. The van der Waals surface area contributed by atoms with Crippen LogP contribution in [0.4, 0.5) is 13.2 Å². The summed E-state index contributed by atoms with van der Waals surface area (Å²) in [5.41, 5.74) is -1.15. The average molecular weight is 246 g/mol. The number of carbonyl (C=O) groups is 1. The third kappa shape index (κ3) is 1.59. The van der Waals surface area contributed by atoms with Gasteiger partial charge in [-0.3, -0.25) is 4.79 Å². The lowest BCUT2D eigenvalue weighted by Gasteiger charge is -2.48. The van der Waals surface area contributed by atoms with Gasteiger partial charge in [-0.25, -0.2) is 0 Å². The summed E-state index contributed by atoms with van der Waals surface area (Å²) in [4.78, 5) is 10.9. The maximum Gasteiger partial charge on any atom is 0.392 e. The van der Waals surface area contributed by atoms with E-state index in [1.54, 1.807) is 0 Å². The van der Waals surface area contributed by atoms with Gasteiger partial charge in [0.1, 0.15) is 0 Å². The molecule has 3 nitrogen and oxygen atoms in total. The lowest BCUT2D eigenvalue weighted by Crippen LogP contribution is -2.57. The molecule has 0 spiro atoms. The Morgan fingerprint density at radius 2 is 2.07 bits per heavy atom. The summed E-state index contributed by atoms with van der Waals surface area (Å²) in [5, 5.41) is 11.6. The molecule has 1 aliphatic carbocycles. The number of fused-ring (bicyclic) bond motifs is 1. The summed E-state index contributed by atoms with van der Waals surface area (Å²) in [5.74, 6) is -3.32. The number of hydrogen-bond acceptors (Lipinski definition) is 2. The standard InChI is InChI=1S/C8H10F3NO2.ClH/c9-8(10,11)4-1-7(6(13)14)3-12-2-5(4)7;/h4-5,12H,1-3H2,(H,13,14);1H/t4-,5+,7-;/m0./s1. The van der Waals surface area contributed by atoms with Crippen LogP contribution in [0.5, 0.6) is 0 Å². The summed E-state index contributed by atoms with van der Waals surface area (Å²) in [6, 6.07) is 0. The van der Waals surface area contributed by atoms with Crippen LogP contribution in [0.2, 0.25) is 0 Å². The van der Waals surface area contributed by atoms with Crippen LogP contribution >= 0.6 is 12.4 Å². The van der Waals surface area contributed by atoms with E-state index in [1.165, 1.54) is 0 Å². The molecule has 0 bridgehead atoms. The second-order valence-electron chi connectivity index (χ2n) is 4.05. The number of alkyl halides is 3. The normalized spacial score (nSPS) is 38.9. The predicted octanol–water partition coefficient (Wildman–Crippen LogP) is 1.28. The molecule has 88 valence electrons. The Hall–Kier alpha value is -0.490. The van der Waals surface area contributed by atoms with Gasteiger partial charge >= 0.3 is 12.1 Å². The van der Waals surface area contributed by atoms with Gasteiger partial charge in [0.25, 0.3) is 0 Å². The first-order valence-corrected chi connectivity index (χ1v) is 4.39. The highest BCUT2D eigenvalue weighted by Gasteiger charge is 2.68. The molecule has 3 atom stereocenters. The first-order valence-electron chi connectivity index (χ1n) is 4.39. The zero-order chi connectivity index (χ0) is 10.6. The quantitative estimate of drug-likeness (QED) is 0.732. The summed E-state index contributed by atoms with van der Waals surface area (Å²) in [7, 11) is 0. The fraction of sp³-hybridized carbons (Fsp3) is 0.875. The van der Waals surface area contributed by atoms with Crippen molar-refractivity contribution in [3.05, 3.63) is 0 Å². The lowest BCUT2D eigenvalue weighted by molar-refractivity contribution is -0.242. The molecule has 0 aromatic rings. The first kappa shape index (κ1) is 12.6. The first-order chi connectivity index (χ1) is 6.38. The van der Waals surface area contributed by atoms with Crippen LogP contribution in [0, 0.1) is 17.3 Å². The monoisotopic (exact) mass is 245 g/mol. The summed E-state index contributed by atoms with van der Waals surface area (Å²) in [6.45, 7) is 0.329. The van der Waals surface area contributed by atoms with E-state index in [9.17, 15) is 18.0 Å². The predicted molar refractivity (Wildman–Crippen MR) is 47.8 cm³/mol. The molecule has 0 unspecified atom stereocenters. The van der Waals surface area contributed by atoms with E-state index in [0.717, 1.165) is 0 Å². The zero-order valence-electron chi connectivity index (χ0n) is 7.67. The molecule has 1 saturated heterocycles. The molecule has 0 aromatic heterocycles. The Morgan fingerprint density at radius 3 is 2.53 bits per heavy atom. The van der Waals surface area contributed by atoms with E-state index in [4.69, 9.17) is 5.11 Å². The molecule has 0 radical (unpaired) electrons. The van der Waals surface area contributed by atoms with Crippen molar-refractivity contribution in [2.45, 2.75) is 12.6 Å². The van der Waals surface area contributed by atoms with Crippen LogP contribution in [0.1, 0.15) is 6.42 Å². The summed E-state index contributed by atoms with van der Waals surface area (Å²) in [6.07, 6.45) is -4.53. The zero-order valence-corrected chi connectivity index (χ0v) is 8.49. The molecule has 2 rings (SSSR count). The highest BCUT2D eigenvalue weighted by Crippen LogP contribution is 2.58. The van der Waals surface area contributed by atoms with Gasteiger partial charge in [0.15, 0.2) is 0 Å². The number of aliphatic carboxylic acids is 1. The third-order valence-electron chi connectivity index (χ3n) is 3.43. The number of carboxylic acid groups (broad SMARTS) is 1. The molecule has 0 aromatic carbocycles. The van der Waals surface area contributed by atoms with Crippen molar-refractivity contribution in [3.63, 3.8) is 0 Å². The molecule has 2 N–H and O–H groups in total. The van der Waals surface area contributed by atoms with Gasteiger partial charge in [-0.05, 0) is 13.0 Å². The van der Waals surface area contributed by atoms with Crippen LogP contribution in [-0.4, -0.2) is 30.3 Å². The molecule has 7 heteroatoms. The van der Waals surface area contributed by atoms with Crippen LogP contribution in [-0.2, 0) is 4.79 Å². The van der Waals surface area contributed by atoms with Crippen molar-refractivity contribution >= 4 is 18.4 Å². The smallest absolute Gasteiger partial charge is 0.392 e. The van der Waals surface area contributed by atoms with E-state index in [-0.39, 0.29) is 31.9 Å². The fourth-order valence-electron chi connectivity index (χ4n) is 2.57. The Kier molecular flexibility index (Phi) is 2.95. The van der Waals surface area contributed by atoms with Gasteiger partial charge in [-0.1, -0.05) is 0 Å². The molecular weight excluding hydrogens is 235 g/mol. The second-order valence-corrected chi connectivity index (χ2v) is 4.05. The Balaban J connectivity index is 0.00000112. The van der Waals surface area contributed by atoms with E-state index < -0.39 is 29.4 Å². The van der Waals surface area contributed by atoms with Crippen molar-refractivity contribution in [1.29, 1.82) is 0 Å². The van der Waals surface area contributed by atoms with Crippen molar-refractivity contribution < 1.29 is 23.1 Å². The topological polar surface area (TPSA) is 49.3 Å². The highest BCUT2D eigenvalue weighted by atomic mass is 35.5. The van der Waals surface area contributed by atoms with E-state index in [0.29, 0.717) is 0 Å². The third-order valence-corrected chi connectivity index (χ3v) is 3.43. The van der Waals surface area contributed by atoms with Crippen molar-refractivity contribution in [3.8, 4) is 0 Å². The molecule has 2 aliphatic rings. The van der Waals surface area contributed by atoms with Crippen molar-refractivity contribution in [1.82, 2.24) is 5.32 Å². The van der Waals surface area contributed by atoms with Gasteiger partial charge in [-0.15, -0.1) is 12.4 Å². The van der Waals surface area contributed by atoms with Gasteiger partial charge in [0.2, 0.25) is 0 Å². The summed E-state index contributed by atoms with van der Waals surface area (Å²) >= 11 is 0. The minimum Gasteiger partial charge on any atom is -0.481 e. The van der Waals surface area contributed by atoms with Crippen LogP contribution < -0.4 is 5.32 Å². The SMILES string of the molecule is Cl.O=C(O)[C@@]12CNC[C@@H]1[C@@H](C(F)(F)F)C2. The molecule has 2 fully saturated rings. The maximum atomic E-state index is 12.4. The average Bonchev–Trinajstić information content (AvgIpc) is 2.26. The molecule has 15 heavy (non-hydrogen) atoms. The maximum absolute atomic E-state index is 12.4. The van der Waals surface area contributed by atoms with Gasteiger partial charge in [0.05, 0.1) is 11.3 Å². The molecule has 1 aliphatic heterocycles. The Morgan fingerprint density at radius 1 is 1.47 bits per heavy atom. The van der Waals surface area contributed by atoms with E-state index in [1.807, 2.05) is 0 Å². The number of rotatable bonds is 1. The van der Waals surface area contributed by atoms with Gasteiger partial charge < -0.3 is 10.4 Å². The van der Waals surface area contributed by atoms with Crippen LogP contribution in [0.15, 0.2) is 0 Å². The van der Waals surface area contributed by atoms with Gasteiger partial charge in [-0.2, -0.15) is 13.2 Å². The molecule has 1 saturated carbocycles. The molecule has 0 amide bonds. The minimum atomic E-state index is -4.25.